The number of carboxylic acid groups (broad SMARTS) is 1. The van der Waals surface area contributed by atoms with Gasteiger partial charge in [0, 0.05) is 18.2 Å². The predicted octanol–water partition coefficient (Wildman–Crippen LogP) is 3.92. The molecule has 1 aliphatic rings. The Labute approximate surface area is 208 Å². The lowest BCUT2D eigenvalue weighted by Gasteiger charge is -2.26. The standard InChI is InChI=1S/C25H30N2O5S2/c1-33-13-11-22(24(30)27(12-14-34-2)15-23(28)29)26-25(31)32-16-21-19-9-5-3-7-17(19)18-8-4-6-10-20(18)21/h3-10,21-22H,11-16H2,1-2H3,(H,26,31)(H,28,29)/t22-/m0/s1. The molecule has 0 saturated carbocycles. The number of carbonyl (C=O) groups is 3. The van der Waals surface area contributed by atoms with Crippen molar-refractivity contribution in [1.29, 1.82) is 0 Å². The lowest BCUT2D eigenvalue weighted by molar-refractivity contribution is -0.145. The highest BCUT2D eigenvalue weighted by Crippen LogP contribution is 2.44. The van der Waals surface area contributed by atoms with Crippen LogP contribution in [0.2, 0.25) is 0 Å². The summed E-state index contributed by atoms with van der Waals surface area (Å²) in [6.45, 7) is 0.0462. The molecule has 34 heavy (non-hydrogen) atoms. The summed E-state index contributed by atoms with van der Waals surface area (Å²) in [6.07, 6.45) is 3.52. The number of alkyl carbamates (subject to hydrolysis) is 1. The number of nitrogens with one attached hydrogen (secondary N) is 1. The Morgan fingerprint density at radius 1 is 1.00 bits per heavy atom. The fourth-order valence-electron chi connectivity index (χ4n) is 4.13. The summed E-state index contributed by atoms with van der Waals surface area (Å²) in [4.78, 5) is 38.4. The van der Waals surface area contributed by atoms with E-state index in [-0.39, 0.29) is 12.5 Å². The van der Waals surface area contributed by atoms with Crippen LogP contribution in [-0.4, -0.2) is 77.7 Å². The highest BCUT2D eigenvalue weighted by atomic mass is 32.2. The van der Waals surface area contributed by atoms with Gasteiger partial charge in [-0.15, -0.1) is 0 Å². The molecule has 0 spiro atoms. The quantitative estimate of drug-likeness (QED) is 0.454. The van der Waals surface area contributed by atoms with E-state index in [0.29, 0.717) is 24.5 Å². The van der Waals surface area contributed by atoms with E-state index in [9.17, 15) is 19.5 Å². The number of rotatable bonds is 12. The first-order valence-corrected chi connectivity index (χ1v) is 13.8. The van der Waals surface area contributed by atoms with Gasteiger partial charge in [-0.3, -0.25) is 9.59 Å². The fraction of sp³-hybridized carbons (Fsp3) is 0.400. The van der Waals surface area contributed by atoms with Crippen molar-refractivity contribution < 1.29 is 24.2 Å². The minimum Gasteiger partial charge on any atom is -0.480 e. The zero-order chi connectivity index (χ0) is 24.5. The van der Waals surface area contributed by atoms with E-state index in [4.69, 9.17) is 4.74 Å². The number of carboxylic acids is 1. The third-order valence-corrected chi connectivity index (χ3v) is 6.98. The van der Waals surface area contributed by atoms with Crippen molar-refractivity contribution in [1.82, 2.24) is 10.2 Å². The summed E-state index contributed by atoms with van der Waals surface area (Å²) in [5.74, 6) is -0.315. The Hall–Kier alpha value is -2.65. The van der Waals surface area contributed by atoms with Crippen LogP contribution in [0.25, 0.3) is 11.1 Å². The van der Waals surface area contributed by atoms with Gasteiger partial charge >= 0.3 is 12.1 Å². The monoisotopic (exact) mass is 502 g/mol. The van der Waals surface area contributed by atoms with E-state index >= 15 is 0 Å². The van der Waals surface area contributed by atoms with E-state index < -0.39 is 30.6 Å². The minimum absolute atomic E-state index is 0.0800. The highest BCUT2D eigenvalue weighted by molar-refractivity contribution is 7.98. The van der Waals surface area contributed by atoms with Crippen molar-refractivity contribution in [2.45, 2.75) is 18.4 Å². The summed E-state index contributed by atoms with van der Waals surface area (Å²) in [6, 6.07) is 15.3. The van der Waals surface area contributed by atoms with Gasteiger partial charge in [0.05, 0.1) is 0 Å². The van der Waals surface area contributed by atoms with Gasteiger partial charge in [0.25, 0.3) is 0 Å². The maximum Gasteiger partial charge on any atom is 0.407 e. The zero-order valence-electron chi connectivity index (χ0n) is 19.4. The number of thioether (sulfide) groups is 2. The van der Waals surface area contributed by atoms with Gasteiger partial charge in [-0.2, -0.15) is 23.5 Å². The molecule has 2 N–H and O–H groups in total. The van der Waals surface area contributed by atoms with Crippen LogP contribution in [0.3, 0.4) is 0 Å². The Kier molecular flexibility index (Phi) is 9.71. The number of amides is 2. The maximum atomic E-state index is 13.1. The molecule has 182 valence electrons. The largest absolute Gasteiger partial charge is 0.480 e. The first-order valence-electron chi connectivity index (χ1n) is 11.1. The van der Waals surface area contributed by atoms with Gasteiger partial charge in [-0.25, -0.2) is 4.79 Å². The van der Waals surface area contributed by atoms with Gasteiger partial charge in [-0.1, -0.05) is 48.5 Å². The molecule has 0 aromatic heterocycles. The van der Waals surface area contributed by atoms with Crippen LogP contribution in [0.15, 0.2) is 48.5 Å². The normalized spacial score (nSPS) is 13.0. The Morgan fingerprint density at radius 3 is 2.15 bits per heavy atom. The molecule has 0 saturated heterocycles. The molecule has 1 aliphatic carbocycles. The molecule has 2 amide bonds. The summed E-state index contributed by atoms with van der Waals surface area (Å²) in [5.41, 5.74) is 4.49. The average Bonchev–Trinajstić information content (AvgIpc) is 3.16. The average molecular weight is 503 g/mol. The van der Waals surface area contributed by atoms with E-state index in [1.807, 2.05) is 48.9 Å². The maximum absolute atomic E-state index is 13.1. The number of ether oxygens (including phenoxy) is 1. The lowest BCUT2D eigenvalue weighted by Crippen LogP contribution is -2.51. The van der Waals surface area contributed by atoms with Crippen LogP contribution in [0.4, 0.5) is 4.79 Å². The molecule has 3 rings (SSSR count). The summed E-state index contributed by atoms with van der Waals surface area (Å²) < 4.78 is 5.59. The zero-order valence-corrected chi connectivity index (χ0v) is 21.0. The molecule has 9 heteroatoms. The van der Waals surface area contributed by atoms with Crippen LogP contribution in [0.1, 0.15) is 23.5 Å². The molecule has 0 heterocycles. The molecule has 0 radical (unpaired) electrons. The Balaban J connectivity index is 1.68. The SMILES string of the molecule is CSCC[C@H](NC(=O)OCC1c2ccccc2-c2ccccc21)C(=O)N(CCSC)CC(=O)O. The van der Waals surface area contributed by atoms with Gasteiger partial charge < -0.3 is 20.1 Å². The van der Waals surface area contributed by atoms with Crippen LogP contribution in [-0.2, 0) is 14.3 Å². The number of carbonyl (C=O) groups excluding carboxylic acids is 2. The molecule has 0 bridgehead atoms. The van der Waals surface area contributed by atoms with Crippen LogP contribution in [0, 0.1) is 0 Å². The predicted molar refractivity (Wildman–Crippen MR) is 138 cm³/mol. The molecule has 0 fully saturated rings. The topological polar surface area (TPSA) is 95.9 Å². The second-order valence-corrected chi connectivity index (χ2v) is 9.92. The first-order chi connectivity index (χ1) is 16.5. The van der Waals surface area contributed by atoms with Gasteiger partial charge in [0.1, 0.15) is 19.2 Å². The van der Waals surface area contributed by atoms with Crippen molar-refractivity contribution in [2.75, 3.05) is 43.7 Å². The summed E-state index contributed by atoms with van der Waals surface area (Å²) >= 11 is 3.08. The van der Waals surface area contributed by atoms with E-state index in [2.05, 4.69) is 17.4 Å². The number of benzene rings is 2. The van der Waals surface area contributed by atoms with Crippen molar-refractivity contribution >= 4 is 41.5 Å². The smallest absolute Gasteiger partial charge is 0.407 e. The van der Waals surface area contributed by atoms with Crippen molar-refractivity contribution in [3.05, 3.63) is 59.7 Å². The molecular formula is C25H30N2O5S2. The number of fused-ring (bicyclic) bond motifs is 3. The number of nitrogens with zero attached hydrogens (tertiary/aromatic N) is 1. The number of hydrogen-bond donors (Lipinski definition) is 2. The molecule has 7 nitrogen and oxygen atoms in total. The van der Waals surface area contributed by atoms with Crippen LogP contribution in [0.5, 0.6) is 0 Å². The molecular weight excluding hydrogens is 472 g/mol. The van der Waals surface area contributed by atoms with Crippen molar-refractivity contribution in [2.24, 2.45) is 0 Å². The van der Waals surface area contributed by atoms with Gasteiger partial charge in [-0.05, 0) is 46.9 Å². The molecule has 2 aromatic carbocycles. The summed E-state index contributed by atoms with van der Waals surface area (Å²) in [7, 11) is 0. The third-order valence-electron chi connectivity index (χ3n) is 5.75. The molecule has 0 aliphatic heterocycles. The van der Waals surface area contributed by atoms with E-state index in [0.717, 1.165) is 22.3 Å². The Morgan fingerprint density at radius 2 is 1.59 bits per heavy atom. The second kappa shape index (κ2) is 12.7. The fourth-order valence-corrected chi connectivity index (χ4v) is 5.00. The van der Waals surface area contributed by atoms with E-state index in [1.54, 1.807) is 11.8 Å². The van der Waals surface area contributed by atoms with Crippen LogP contribution < -0.4 is 5.32 Å². The van der Waals surface area contributed by atoms with Crippen molar-refractivity contribution in [3.8, 4) is 11.1 Å². The second-order valence-electron chi connectivity index (χ2n) is 7.95. The lowest BCUT2D eigenvalue weighted by atomic mass is 9.98. The van der Waals surface area contributed by atoms with Crippen LogP contribution >= 0.6 is 23.5 Å². The molecule has 2 aromatic rings. The highest BCUT2D eigenvalue weighted by Gasteiger charge is 2.31. The molecule has 0 unspecified atom stereocenters. The van der Waals surface area contributed by atoms with Gasteiger partial charge in [0.15, 0.2) is 0 Å². The van der Waals surface area contributed by atoms with Gasteiger partial charge in [0.2, 0.25) is 5.91 Å². The third kappa shape index (κ3) is 6.48. The van der Waals surface area contributed by atoms with E-state index in [1.165, 1.54) is 16.7 Å². The molecule has 1 atom stereocenters. The number of aliphatic carboxylic acids is 1. The van der Waals surface area contributed by atoms with Crippen molar-refractivity contribution in [3.63, 3.8) is 0 Å². The Bertz CT molecular complexity index is 971. The number of hydrogen-bond acceptors (Lipinski definition) is 6. The minimum atomic E-state index is -1.08. The summed E-state index contributed by atoms with van der Waals surface area (Å²) in [5, 5.41) is 11.9. The first kappa shape index (κ1) is 26.0.